The molecule has 3 rings (SSSR count). The molecule has 142 valence electrons. The monoisotopic (exact) mass is 384 g/mol. The Labute approximate surface area is 165 Å². The highest BCUT2D eigenvalue weighted by Gasteiger charge is 2.30. The van der Waals surface area contributed by atoms with E-state index in [4.69, 9.17) is 11.6 Å². The molecule has 4 nitrogen and oxygen atoms in total. The Morgan fingerprint density at radius 3 is 2.67 bits per heavy atom. The molecule has 0 saturated carbocycles. The van der Waals surface area contributed by atoms with E-state index in [1.165, 1.54) is 11.1 Å². The zero-order valence-corrected chi connectivity index (χ0v) is 16.3. The van der Waals surface area contributed by atoms with Crippen molar-refractivity contribution in [3.05, 3.63) is 70.2 Å². The van der Waals surface area contributed by atoms with Crippen molar-refractivity contribution in [2.75, 3.05) is 13.1 Å². The van der Waals surface area contributed by atoms with Crippen LogP contribution in [0.15, 0.2) is 48.5 Å². The number of hydrogen-bond donors (Lipinski definition) is 1. The number of hydrogen-bond acceptors (Lipinski definition) is 2. The molecule has 27 heavy (non-hydrogen) atoms. The van der Waals surface area contributed by atoms with Crippen LogP contribution in [0.4, 0.5) is 0 Å². The standard InChI is InChI=1S/C22H25ClN2O2/c1-16-4-2-3-5-18(16)12-13-24-22(27)19-8-11-21(26)25(15-19)14-17-6-9-20(23)10-7-17/h2-7,9-10,19H,8,11-15H2,1H3,(H,24,27)/t19-/m1/s1. The number of carbonyl (C=O) groups is 2. The summed E-state index contributed by atoms with van der Waals surface area (Å²) in [5.74, 6) is -0.00188. The summed E-state index contributed by atoms with van der Waals surface area (Å²) >= 11 is 5.92. The number of nitrogens with zero attached hydrogens (tertiary/aromatic N) is 1. The minimum atomic E-state index is -0.146. The summed E-state index contributed by atoms with van der Waals surface area (Å²) < 4.78 is 0. The van der Waals surface area contributed by atoms with Gasteiger partial charge in [0.15, 0.2) is 0 Å². The van der Waals surface area contributed by atoms with Crippen molar-refractivity contribution in [1.82, 2.24) is 10.2 Å². The maximum Gasteiger partial charge on any atom is 0.224 e. The van der Waals surface area contributed by atoms with E-state index in [-0.39, 0.29) is 17.7 Å². The topological polar surface area (TPSA) is 49.4 Å². The van der Waals surface area contributed by atoms with Crippen LogP contribution in [0.5, 0.6) is 0 Å². The summed E-state index contributed by atoms with van der Waals surface area (Å²) in [4.78, 5) is 26.6. The fourth-order valence-corrected chi connectivity index (χ4v) is 3.57. The Kier molecular flexibility index (Phi) is 6.51. The molecule has 0 spiro atoms. The number of carbonyl (C=O) groups excluding carboxylic acids is 2. The first kappa shape index (κ1) is 19.4. The first-order chi connectivity index (χ1) is 13.0. The van der Waals surface area contributed by atoms with E-state index < -0.39 is 0 Å². The number of rotatable bonds is 6. The van der Waals surface area contributed by atoms with Crippen LogP contribution in [-0.4, -0.2) is 29.8 Å². The second-order valence-corrected chi connectivity index (χ2v) is 7.54. The molecule has 2 aromatic carbocycles. The molecule has 2 aromatic rings. The molecule has 0 aromatic heterocycles. The normalized spacial score (nSPS) is 17.0. The molecule has 1 N–H and O–H groups in total. The van der Waals surface area contributed by atoms with Gasteiger partial charge in [0.25, 0.3) is 0 Å². The van der Waals surface area contributed by atoms with Crippen molar-refractivity contribution in [2.45, 2.75) is 32.7 Å². The van der Waals surface area contributed by atoms with Gasteiger partial charge in [-0.1, -0.05) is 48.0 Å². The Hall–Kier alpha value is -2.33. The highest BCUT2D eigenvalue weighted by atomic mass is 35.5. The van der Waals surface area contributed by atoms with Crippen molar-refractivity contribution < 1.29 is 9.59 Å². The molecule has 1 fully saturated rings. The zero-order valence-electron chi connectivity index (χ0n) is 15.6. The molecule has 0 radical (unpaired) electrons. The van der Waals surface area contributed by atoms with Gasteiger partial charge in [-0.25, -0.2) is 0 Å². The Balaban J connectivity index is 1.52. The molecule has 2 amide bonds. The Morgan fingerprint density at radius 1 is 1.19 bits per heavy atom. The third kappa shape index (κ3) is 5.33. The second-order valence-electron chi connectivity index (χ2n) is 7.10. The molecule has 5 heteroatoms. The number of nitrogens with one attached hydrogen (secondary N) is 1. The van der Waals surface area contributed by atoms with Gasteiger partial charge >= 0.3 is 0 Å². The minimum absolute atomic E-state index is 0.0391. The molecule has 0 unspecified atom stereocenters. The third-order valence-electron chi connectivity index (χ3n) is 5.11. The number of aryl methyl sites for hydroxylation is 1. The number of halogens is 1. The fraction of sp³-hybridized carbons (Fsp3) is 0.364. The van der Waals surface area contributed by atoms with Crippen LogP contribution in [-0.2, 0) is 22.6 Å². The molecule has 0 aliphatic carbocycles. The predicted molar refractivity (Wildman–Crippen MR) is 107 cm³/mol. The maximum atomic E-state index is 12.6. The molecule has 1 aliphatic heterocycles. The summed E-state index contributed by atoms with van der Waals surface area (Å²) in [6, 6.07) is 15.7. The van der Waals surface area contributed by atoms with E-state index in [1.807, 2.05) is 36.4 Å². The quantitative estimate of drug-likeness (QED) is 0.824. The van der Waals surface area contributed by atoms with Gasteiger partial charge in [-0.3, -0.25) is 9.59 Å². The molecular weight excluding hydrogens is 360 g/mol. The first-order valence-electron chi connectivity index (χ1n) is 9.37. The average molecular weight is 385 g/mol. The summed E-state index contributed by atoms with van der Waals surface area (Å²) in [6.07, 6.45) is 1.86. The highest BCUT2D eigenvalue weighted by Crippen LogP contribution is 2.21. The van der Waals surface area contributed by atoms with E-state index in [9.17, 15) is 9.59 Å². The van der Waals surface area contributed by atoms with E-state index in [0.717, 1.165) is 12.0 Å². The molecule has 1 atom stereocenters. The van der Waals surface area contributed by atoms with Crippen LogP contribution in [0, 0.1) is 12.8 Å². The lowest BCUT2D eigenvalue weighted by Gasteiger charge is -2.32. The second kappa shape index (κ2) is 9.05. The number of likely N-dealkylation sites (tertiary alicyclic amines) is 1. The van der Waals surface area contributed by atoms with Crippen LogP contribution >= 0.6 is 11.6 Å². The van der Waals surface area contributed by atoms with E-state index in [2.05, 4.69) is 24.4 Å². The summed E-state index contributed by atoms with van der Waals surface area (Å²) in [7, 11) is 0. The zero-order chi connectivity index (χ0) is 19.2. The SMILES string of the molecule is Cc1ccccc1CCNC(=O)[C@@H]1CCC(=O)N(Cc2ccc(Cl)cc2)C1. The van der Waals surface area contributed by atoms with Gasteiger partial charge in [-0.15, -0.1) is 0 Å². The molecule has 1 saturated heterocycles. The summed E-state index contributed by atoms with van der Waals surface area (Å²) in [6.45, 7) is 3.69. The van der Waals surface area contributed by atoms with Crippen LogP contribution < -0.4 is 5.32 Å². The van der Waals surface area contributed by atoms with Crippen molar-refractivity contribution >= 4 is 23.4 Å². The Morgan fingerprint density at radius 2 is 1.93 bits per heavy atom. The number of amides is 2. The van der Waals surface area contributed by atoms with Gasteiger partial charge in [0, 0.05) is 31.1 Å². The van der Waals surface area contributed by atoms with Gasteiger partial charge < -0.3 is 10.2 Å². The summed E-state index contributed by atoms with van der Waals surface area (Å²) in [5.41, 5.74) is 3.51. The molecule has 0 bridgehead atoms. The molecule has 1 aliphatic rings. The van der Waals surface area contributed by atoms with Crippen molar-refractivity contribution in [2.24, 2.45) is 5.92 Å². The number of benzene rings is 2. The Bertz CT molecular complexity index is 804. The van der Waals surface area contributed by atoms with Gasteiger partial charge in [0.2, 0.25) is 11.8 Å². The van der Waals surface area contributed by atoms with Gasteiger partial charge in [0.1, 0.15) is 0 Å². The third-order valence-corrected chi connectivity index (χ3v) is 5.36. The van der Waals surface area contributed by atoms with Crippen LogP contribution in [0.25, 0.3) is 0 Å². The van der Waals surface area contributed by atoms with Gasteiger partial charge in [0.05, 0.1) is 5.92 Å². The lowest BCUT2D eigenvalue weighted by Crippen LogP contribution is -2.45. The predicted octanol–water partition coefficient (Wildman–Crippen LogP) is 3.75. The first-order valence-corrected chi connectivity index (χ1v) is 9.75. The fourth-order valence-electron chi connectivity index (χ4n) is 3.45. The molecular formula is C22H25ClN2O2. The van der Waals surface area contributed by atoms with Gasteiger partial charge in [-0.05, 0) is 48.6 Å². The van der Waals surface area contributed by atoms with E-state index >= 15 is 0 Å². The maximum absolute atomic E-state index is 12.6. The van der Waals surface area contributed by atoms with Crippen molar-refractivity contribution in [3.8, 4) is 0 Å². The van der Waals surface area contributed by atoms with Crippen molar-refractivity contribution in [1.29, 1.82) is 0 Å². The summed E-state index contributed by atoms with van der Waals surface area (Å²) in [5, 5.41) is 3.72. The van der Waals surface area contributed by atoms with Crippen molar-refractivity contribution in [3.63, 3.8) is 0 Å². The van der Waals surface area contributed by atoms with Gasteiger partial charge in [-0.2, -0.15) is 0 Å². The van der Waals surface area contributed by atoms with Crippen LogP contribution in [0.3, 0.4) is 0 Å². The average Bonchev–Trinajstić information content (AvgIpc) is 2.66. The lowest BCUT2D eigenvalue weighted by molar-refractivity contribution is -0.138. The van der Waals surface area contributed by atoms with Crippen LogP contribution in [0.1, 0.15) is 29.5 Å². The molecule has 1 heterocycles. The van der Waals surface area contributed by atoms with E-state index in [1.54, 1.807) is 4.90 Å². The highest BCUT2D eigenvalue weighted by molar-refractivity contribution is 6.30. The number of piperidine rings is 1. The largest absolute Gasteiger partial charge is 0.355 e. The minimum Gasteiger partial charge on any atom is -0.355 e. The van der Waals surface area contributed by atoms with E-state index in [0.29, 0.717) is 37.5 Å². The van der Waals surface area contributed by atoms with Crippen LogP contribution in [0.2, 0.25) is 5.02 Å². The lowest BCUT2D eigenvalue weighted by atomic mass is 9.96. The smallest absolute Gasteiger partial charge is 0.224 e.